The monoisotopic (exact) mass is 314 g/mol. The van der Waals surface area contributed by atoms with Gasteiger partial charge in [-0.1, -0.05) is 17.7 Å². The van der Waals surface area contributed by atoms with Crippen LogP contribution in [-0.4, -0.2) is 26.3 Å². The van der Waals surface area contributed by atoms with Crippen LogP contribution in [0.3, 0.4) is 0 Å². The minimum atomic E-state index is -0.404. The number of aromatic hydroxyl groups is 1. The van der Waals surface area contributed by atoms with Crippen molar-refractivity contribution in [1.82, 2.24) is 9.55 Å². The highest BCUT2D eigenvalue weighted by Crippen LogP contribution is 2.34. The maximum Gasteiger partial charge on any atom is 0.230 e. The van der Waals surface area contributed by atoms with Gasteiger partial charge in [-0.2, -0.15) is 0 Å². The number of carbonyl (C=O) groups excluding carboxylic acids is 2. The van der Waals surface area contributed by atoms with Gasteiger partial charge in [-0.05, 0) is 24.3 Å². The molecular formula is C16H11ClN2O3. The summed E-state index contributed by atoms with van der Waals surface area (Å²) in [5, 5.41) is 11.3. The van der Waals surface area contributed by atoms with E-state index < -0.39 is 5.91 Å². The van der Waals surface area contributed by atoms with Crippen molar-refractivity contribution in [3.05, 3.63) is 58.9 Å². The Labute approximate surface area is 130 Å². The summed E-state index contributed by atoms with van der Waals surface area (Å²) >= 11 is 5.95. The number of rotatable bonds is 2. The molecule has 5 nitrogen and oxygen atoms in total. The van der Waals surface area contributed by atoms with Crippen molar-refractivity contribution in [1.29, 1.82) is 0 Å². The van der Waals surface area contributed by atoms with Crippen LogP contribution in [0.15, 0.2) is 42.7 Å². The molecule has 0 spiro atoms. The fourth-order valence-electron chi connectivity index (χ4n) is 2.44. The molecule has 0 atom stereocenters. The second-order valence-electron chi connectivity index (χ2n) is 4.78. The summed E-state index contributed by atoms with van der Waals surface area (Å²) in [5.41, 5.74) is 0.853. The van der Waals surface area contributed by atoms with Crippen molar-refractivity contribution in [3.63, 3.8) is 0 Å². The van der Waals surface area contributed by atoms with Crippen LogP contribution in [0, 0.1) is 0 Å². The normalized spacial score (nSPS) is 10.8. The van der Waals surface area contributed by atoms with Gasteiger partial charge in [0.25, 0.3) is 0 Å². The molecule has 0 aliphatic heterocycles. The minimum absolute atomic E-state index is 0.0769. The molecule has 110 valence electrons. The first-order valence-corrected chi connectivity index (χ1v) is 6.87. The number of ketones is 1. The molecule has 0 fully saturated rings. The van der Waals surface area contributed by atoms with Gasteiger partial charge in [0.1, 0.15) is 0 Å². The van der Waals surface area contributed by atoms with Crippen LogP contribution in [0.1, 0.15) is 27.6 Å². The molecule has 0 bridgehead atoms. The molecular weight excluding hydrogens is 304 g/mol. The molecule has 1 N–H and O–H groups in total. The first-order chi connectivity index (χ1) is 10.5. The molecule has 0 aliphatic rings. The zero-order chi connectivity index (χ0) is 15.9. The molecule has 0 unspecified atom stereocenters. The van der Waals surface area contributed by atoms with Crippen LogP contribution >= 0.6 is 11.6 Å². The second-order valence-corrected chi connectivity index (χ2v) is 5.22. The summed E-state index contributed by atoms with van der Waals surface area (Å²) < 4.78 is 1.08. The predicted molar refractivity (Wildman–Crippen MR) is 82.6 cm³/mol. The van der Waals surface area contributed by atoms with E-state index in [1.54, 1.807) is 30.3 Å². The van der Waals surface area contributed by atoms with Crippen molar-refractivity contribution in [2.45, 2.75) is 6.92 Å². The average Bonchev–Trinajstić information content (AvgIpc) is 2.78. The number of aromatic nitrogens is 2. The smallest absolute Gasteiger partial charge is 0.230 e. The highest BCUT2D eigenvalue weighted by atomic mass is 35.5. The second kappa shape index (κ2) is 5.27. The Morgan fingerprint density at radius 1 is 1.18 bits per heavy atom. The summed E-state index contributed by atoms with van der Waals surface area (Å²) in [6.45, 7) is 1.31. The van der Waals surface area contributed by atoms with Gasteiger partial charge in [0.2, 0.25) is 11.8 Å². The van der Waals surface area contributed by atoms with E-state index >= 15 is 0 Å². The third-order valence-corrected chi connectivity index (χ3v) is 3.62. The van der Waals surface area contributed by atoms with Crippen LogP contribution < -0.4 is 0 Å². The van der Waals surface area contributed by atoms with Crippen LogP contribution in [0.2, 0.25) is 5.02 Å². The maximum atomic E-state index is 12.7. The maximum absolute atomic E-state index is 12.7. The molecule has 0 saturated carbocycles. The fourth-order valence-corrected chi connectivity index (χ4v) is 2.60. The van der Waals surface area contributed by atoms with Crippen LogP contribution in [0.5, 0.6) is 5.88 Å². The van der Waals surface area contributed by atoms with E-state index in [2.05, 4.69) is 4.98 Å². The first-order valence-electron chi connectivity index (χ1n) is 6.49. The van der Waals surface area contributed by atoms with Gasteiger partial charge in [-0.25, -0.2) is 4.57 Å². The molecule has 6 heteroatoms. The standard InChI is InChI=1S/C16H11ClN2O3/c1-9(20)19-13-8-11(17)2-3-12(13)14(16(19)22)15(21)10-4-6-18-7-5-10/h2-8,22H,1H3. The molecule has 1 aromatic carbocycles. The Balaban J connectivity index is 2.33. The first kappa shape index (κ1) is 14.3. The van der Waals surface area contributed by atoms with E-state index in [0.29, 0.717) is 21.5 Å². The van der Waals surface area contributed by atoms with Gasteiger partial charge in [0.05, 0.1) is 11.1 Å². The van der Waals surface area contributed by atoms with Gasteiger partial charge in [-0.3, -0.25) is 14.6 Å². The quantitative estimate of drug-likeness (QED) is 0.737. The zero-order valence-electron chi connectivity index (χ0n) is 11.6. The predicted octanol–water partition coefficient (Wildman–Crippen LogP) is 3.29. The minimum Gasteiger partial charge on any atom is -0.494 e. The van der Waals surface area contributed by atoms with E-state index in [-0.39, 0.29) is 17.2 Å². The molecule has 2 heterocycles. The van der Waals surface area contributed by atoms with Gasteiger partial charge in [0, 0.05) is 35.3 Å². The third-order valence-electron chi connectivity index (χ3n) is 3.39. The van der Waals surface area contributed by atoms with Crippen LogP contribution in [0.4, 0.5) is 0 Å². The lowest BCUT2D eigenvalue weighted by Gasteiger charge is -2.02. The third kappa shape index (κ3) is 2.16. The molecule has 0 radical (unpaired) electrons. The van der Waals surface area contributed by atoms with E-state index in [4.69, 9.17) is 11.6 Å². The van der Waals surface area contributed by atoms with Crippen molar-refractivity contribution in [3.8, 4) is 5.88 Å². The molecule has 22 heavy (non-hydrogen) atoms. The average molecular weight is 315 g/mol. The number of hydrogen-bond acceptors (Lipinski definition) is 4. The molecule has 0 aliphatic carbocycles. The van der Waals surface area contributed by atoms with E-state index in [1.165, 1.54) is 19.3 Å². The van der Waals surface area contributed by atoms with E-state index in [9.17, 15) is 14.7 Å². The van der Waals surface area contributed by atoms with Gasteiger partial charge in [0.15, 0.2) is 5.78 Å². The highest BCUT2D eigenvalue weighted by Gasteiger charge is 2.25. The summed E-state index contributed by atoms with van der Waals surface area (Å²) in [7, 11) is 0. The van der Waals surface area contributed by atoms with Crippen LogP contribution in [0.25, 0.3) is 10.9 Å². The summed E-state index contributed by atoms with van der Waals surface area (Å²) in [4.78, 5) is 28.3. The number of hydrogen-bond donors (Lipinski definition) is 1. The number of nitrogens with zero attached hydrogens (tertiary/aromatic N) is 2. The molecule has 3 rings (SSSR count). The van der Waals surface area contributed by atoms with Crippen molar-refractivity contribution >= 4 is 34.2 Å². The Kier molecular flexibility index (Phi) is 3.42. The van der Waals surface area contributed by atoms with E-state index in [1.807, 2.05) is 0 Å². The SMILES string of the molecule is CC(=O)n1c(O)c(C(=O)c2ccncc2)c2ccc(Cl)cc21. The van der Waals surface area contributed by atoms with Gasteiger partial charge < -0.3 is 5.11 Å². The zero-order valence-corrected chi connectivity index (χ0v) is 12.3. The van der Waals surface area contributed by atoms with Gasteiger partial charge >= 0.3 is 0 Å². The number of benzene rings is 1. The Hall–Kier alpha value is -2.66. The van der Waals surface area contributed by atoms with Crippen molar-refractivity contribution < 1.29 is 14.7 Å². The summed E-state index contributed by atoms with van der Waals surface area (Å²) in [6, 6.07) is 7.87. The number of fused-ring (bicyclic) bond motifs is 1. The van der Waals surface area contributed by atoms with Crippen molar-refractivity contribution in [2.75, 3.05) is 0 Å². The summed E-state index contributed by atoms with van der Waals surface area (Å²) in [6.07, 6.45) is 2.98. The number of halogens is 1. The van der Waals surface area contributed by atoms with E-state index in [0.717, 1.165) is 4.57 Å². The number of carbonyl (C=O) groups is 2. The Bertz CT molecular complexity index is 901. The molecule has 0 amide bonds. The molecule has 3 aromatic rings. The summed E-state index contributed by atoms with van der Waals surface area (Å²) in [5.74, 6) is -1.17. The van der Waals surface area contributed by atoms with Crippen molar-refractivity contribution in [2.24, 2.45) is 0 Å². The highest BCUT2D eigenvalue weighted by molar-refractivity contribution is 6.31. The largest absolute Gasteiger partial charge is 0.494 e. The fraction of sp³-hybridized carbons (Fsp3) is 0.0625. The van der Waals surface area contributed by atoms with Gasteiger partial charge in [-0.15, -0.1) is 0 Å². The molecule has 2 aromatic heterocycles. The topological polar surface area (TPSA) is 72.2 Å². The van der Waals surface area contributed by atoms with Crippen LogP contribution in [-0.2, 0) is 0 Å². The Morgan fingerprint density at radius 3 is 2.50 bits per heavy atom. The molecule has 0 saturated heterocycles. The number of pyridine rings is 1. The lowest BCUT2D eigenvalue weighted by atomic mass is 10.0. The lowest BCUT2D eigenvalue weighted by Crippen LogP contribution is -2.06. The Morgan fingerprint density at radius 2 is 1.86 bits per heavy atom. The lowest BCUT2D eigenvalue weighted by molar-refractivity contribution is 0.0933.